The normalized spacial score (nSPS) is 12.5. The number of thioether (sulfide) groups is 1. The first-order valence-electron chi connectivity index (χ1n) is 13.3. The van der Waals surface area contributed by atoms with Gasteiger partial charge in [0.2, 0.25) is 4.80 Å². The number of carboxylic acid groups (broad SMARTS) is 2. The number of esters is 1. The number of benzene rings is 2. The van der Waals surface area contributed by atoms with Gasteiger partial charge in [-0.1, -0.05) is 34.8 Å². The van der Waals surface area contributed by atoms with Crippen LogP contribution < -0.4 is 19.7 Å². The Morgan fingerprint density at radius 1 is 1.06 bits per heavy atom. The minimum absolute atomic E-state index is 0.0605. The van der Waals surface area contributed by atoms with Crippen molar-refractivity contribution in [2.45, 2.75) is 30.8 Å². The molecule has 3 aromatic rings. The summed E-state index contributed by atoms with van der Waals surface area (Å²) in [4.78, 5) is 65.4. The second-order valence-corrected chi connectivity index (χ2v) is 14.0. The quantitative estimate of drug-likeness (QED) is 0.110. The maximum Gasteiger partial charge on any atom is 0.341 e. The summed E-state index contributed by atoms with van der Waals surface area (Å²) >= 11 is 19.5. The van der Waals surface area contributed by atoms with Crippen LogP contribution in [-0.4, -0.2) is 80.1 Å². The average molecular weight is 794 g/mol. The fourth-order valence-corrected chi connectivity index (χ4v) is 6.53. The smallest absolute Gasteiger partial charge is 0.341 e. The molecule has 1 aromatic heterocycles. The minimum Gasteiger partial charge on any atom is -0.494 e. The summed E-state index contributed by atoms with van der Waals surface area (Å²) in [6.45, 7) is 0.885. The molecule has 0 atom stereocenters. The molecule has 22 heteroatoms. The third kappa shape index (κ3) is 12.8. The van der Waals surface area contributed by atoms with Crippen LogP contribution in [0.5, 0.6) is 5.75 Å². The van der Waals surface area contributed by atoms with Crippen molar-refractivity contribution < 1.29 is 52.8 Å². The molecule has 1 aliphatic rings. The van der Waals surface area contributed by atoms with Crippen LogP contribution in [0.3, 0.4) is 0 Å². The summed E-state index contributed by atoms with van der Waals surface area (Å²) in [5, 5.41) is 19.4. The first-order valence-corrected chi connectivity index (χ1v) is 18.0. The number of carboxylic acids is 2. The number of fused-ring (bicyclic) bond motifs is 1. The van der Waals surface area contributed by atoms with E-state index in [1.54, 1.807) is 9.36 Å². The number of methoxy groups -OCH3 is 2. The number of hydrogen-bond acceptors (Lipinski definition) is 11. The van der Waals surface area contributed by atoms with E-state index in [1.165, 1.54) is 32.4 Å². The largest absolute Gasteiger partial charge is 0.494 e. The van der Waals surface area contributed by atoms with Crippen molar-refractivity contribution in [3.05, 3.63) is 65.2 Å². The van der Waals surface area contributed by atoms with Gasteiger partial charge in [-0.25, -0.2) is 18.9 Å². The van der Waals surface area contributed by atoms with E-state index in [4.69, 9.17) is 59.5 Å². The first-order chi connectivity index (χ1) is 22.5. The molecule has 1 aliphatic heterocycles. The number of hydrogen-bond donors (Lipinski definition) is 5. The highest BCUT2D eigenvalue weighted by Crippen LogP contribution is 2.34. The lowest BCUT2D eigenvalue weighted by Gasteiger charge is -2.15. The van der Waals surface area contributed by atoms with Crippen molar-refractivity contribution in [1.29, 1.82) is 0 Å². The number of nitrogens with zero attached hydrogens (tertiary/aromatic N) is 3. The Hall–Kier alpha value is -2.93. The van der Waals surface area contributed by atoms with Gasteiger partial charge in [-0.2, -0.15) is 0 Å². The highest BCUT2D eigenvalue weighted by molar-refractivity contribution is 8.00. The number of aliphatic carboxylic acids is 1. The topological polar surface area (TPSA) is 219 Å². The van der Waals surface area contributed by atoms with Gasteiger partial charge in [0.1, 0.15) is 17.1 Å². The molecule has 264 valence electrons. The number of rotatable bonds is 10. The van der Waals surface area contributed by atoms with E-state index in [0.29, 0.717) is 22.8 Å². The molecule has 0 unspecified atom stereocenters. The lowest BCUT2D eigenvalue weighted by Crippen LogP contribution is -2.31. The van der Waals surface area contributed by atoms with Gasteiger partial charge in [-0.15, -0.1) is 11.8 Å². The molecular formula is C26H29Cl3FN4O11PS2. The van der Waals surface area contributed by atoms with Crippen LogP contribution in [-0.2, 0) is 32.0 Å². The number of halogens is 4. The third-order valence-corrected chi connectivity index (χ3v) is 9.32. The molecule has 4 rings (SSSR count). The van der Waals surface area contributed by atoms with E-state index in [0.717, 1.165) is 42.0 Å². The van der Waals surface area contributed by atoms with E-state index in [9.17, 15) is 28.1 Å². The Morgan fingerprint density at radius 2 is 1.69 bits per heavy atom. The van der Waals surface area contributed by atoms with Crippen LogP contribution in [0.4, 0.5) is 10.1 Å². The molecule has 0 amide bonds. The predicted octanol–water partition coefficient (Wildman–Crippen LogP) is 4.29. The number of ether oxygens (including phenoxy) is 2. The Labute approximate surface area is 295 Å². The number of aromatic carboxylic acids is 1. The summed E-state index contributed by atoms with van der Waals surface area (Å²) in [5.41, 5.74) is -0.0313. The van der Waals surface area contributed by atoms with Crippen molar-refractivity contribution in [2.75, 3.05) is 32.8 Å². The monoisotopic (exact) mass is 792 g/mol. The highest BCUT2D eigenvalue weighted by Gasteiger charge is 2.18. The predicted molar refractivity (Wildman–Crippen MR) is 178 cm³/mol. The molecule has 2 aromatic carbocycles. The van der Waals surface area contributed by atoms with Crippen molar-refractivity contribution in [1.82, 2.24) is 14.7 Å². The number of aromatic nitrogens is 2. The van der Waals surface area contributed by atoms with Crippen molar-refractivity contribution in [2.24, 2.45) is 4.99 Å². The summed E-state index contributed by atoms with van der Waals surface area (Å²) in [5.74, 6) is -3.15. The van der Waals surface area contributed by atoms with Gasteiger partial charge in [0.15, 0.2) is 5.75 Å². The lowest BCUT2D eigenvalue weighted by molar-refractivity contribution is -0.137. The average Bonchev–Trinajstić information content (AvgIpc) is 3.33. The molecule has 0 bridgehead atoms. The molecule has 0 aliphatic carbocycles. The van der Waals surface area contributed by atoms with E-state index in [2.05, 4.69) is 15.0 Å². The Bertz CT molecular complexity index is 1810. The molecule has 0 spiro atoms. The fourth-order valence-electron chi connectivity index (χ4n) is 3.67. The third-order valence-electron chi connectivity index (χ3n) is 5.75. The number of nitrogens with one attached hydrogen (secondary N) is 1. The van der Waals surface area contributed by atoms with Gasteiger partial charge < -0.3 is 29.5 Å². The highest BCUT2D eigenvalue weighted by atomic mass is 35.5. The molecule has 48 heavy (non-hydrogen) atoms. The zero-order chi connectivity index (χ0) is 36.2. The van der Waals surface area contributed by atoms with Crippen molar-refractivity contribution >= 4 is 89.1 Å². The Morgan fingerprint density at radius 3 is 2.23 bits per heavy atom. The molecule has 15 nitrogen and oxygen atoms in total. The van der Waals surface area contributed by atoms with Gasteiger partial charge in [0, 0.05) is 18.0 Å². The van der Waals surface area contributed by atoms with Gasteiger partial charge in [-0.3, -0.25) is 28.9 Å². The molecular weight excluding hydrogens is 765 g/mol. The van der Waals surface area contributed by atoms with E-state index >= 15 is 0 Å². The number of carbonyl (C=O) groups excluding carboxylic acids is 1. The van der Waals surface area contributed by atoms with Crippen molar-refractivity contribution in [3.63, 3.8) is 0 Å². The summed E-state index contributed by atoms with van der Waals surface area (Å²) < 4.78 is 37.1. The van der Waals surface area contributed by atoms with Crippen LogP contribution in [0.15, 0.2) is 38.9 Å². The first kappa shape index (κ1) is 41.2. The molecule has 0 fully saturated rings. The summed E-state index contributed by atoms with van der Waals surface area (Å²) in [7, 11) is -1.46. The molecule has 0 radical (unpaired) electrons. The maximum absolute atomic E-state index is 14.3. The molecule has 0 saturated heterocycles. The van der Waals surface area contributed by atoms with Crippen molar-refractivity contribution in [3.8, 4) is 5.75 Å². The zero-order valence-corrected chi connectivity index (χ0v) is 29.8. The van der Waals surface area contributed by atoms with E-state index < -0.39 is 44.2 Å². The maximum atomic E-state index is 14.3. The second kappa shape index (κ2) is 19.3. The van der Waals surface area contributed by atoms with Crippen LogP contribution in [0, 0.1) is 5.82 Å². The van der Waals surface area contributed by atoms with Crippen LogP contribution >= 0.6 is 65.5 Å². The summed E-state index contributed by atoms with van der Waals surface area (Å²) in [6, 6.07) is 5.54. The van der Waals surface area contributed by atoms with E-state index in [1.807, 2.05) is 0 Å². The summed E-state index contributed by atoms with van der Waals surface area (Å²) in [6.07, 6.45) is 1.30. The molecule has 2 heterocycles. The SMILES string of the molecule is COC(=O)CSc1cc(/N=c2\sc(=O)n3n2CCCC3)c(F)cc1Cl.COc1c(Cl)ccc(Cl)c1C(=O)O.O=C(O)CNCP(=O)(O)O. The standard InChI is InChI=1S/C15H15ClFN3O3S2.C8H6Cl2O3.C3H8NO5P/c1-23-13(21)8-24-12-7-11(10(17)6-9(12)16)18-14-19-4-2-3-5-20(19)15(22)25-14;1-13-7-5(10)3-2-4(9)6(7)8(11)12;5-3(6)1-4-2-10(7,8)9/h6-7H,2-5,8H2,1H3;2-3H,1H3,(H,11,12);4H,1-2H2,(H,5,6)(H2,7,8,9)/b18-14-;;. The Kier molecular flexibility index (Phi) is 16.6. The minimum atomic E-state index is -4.10. The molecule has 0 saturated carbocycles. The van der Waals surface area contributed by atoms with Crippen LogP contribution in [0.2, 0.25) is 15.1 Å². The number of carbonyl (C=O) groups is 3. The fraction of sp³-hybridized carbons (Fsp3) is 0.346. The molecule has 5 N–H and O–H groups in total. The zero-order valence-electron chi connectivity index (χ0n) is 25.0. The van der Waals surface area contributed by atoms with Gasteiger partial charge >= 0.3 is 30.4 Å². The second-order valence-electron chi connectivity index (χ2n) is 9.20. The van der Waals surface area contributed by atoms with Gasteiger partial charge in [0.05, 0.1) is 47.9 Å². The van der Waals surface area contributed by atoms with E-state index in [-0.39, 0.29) is 42.7 Å². The van der Waals surface area contributed by atoms with Crippen LogP contribution in [0.25, 0.3) is 0 Å². The van der Waals surface area contributed by atoms with Gasteiger partial charge in [0.25, 0.3) is 0 Å². The van der Waals surface area contributed by atoms with Gasteiger partial charge in [-0.05, 0) is 48.4 Å². The van der Waals surface area contributed by atoms with Crippen LogP contribution in [0.1, 0.15) is 23.2 Å². The Balaban J connectivity index is 0.000000291. The lowest BCUT2D eigenvalue weighted by atomic mass is 10.2.